The SMILES string of the molecule is CCCCCCCCCCCCN(CCCCCCCCCCCC)CCCOC(CCN(CCCCCCCCCCCC)CCCCCCCCCCCC)Oc1ccc(O)cc1. The number of unbranched alkanes of at least 4 members (excludes halogenated alkanes) is 36. The first-order valence-electron chi connectivity index (χ1n) is 29.6. The van der Waals surface area contributed by atoms with E-state index in [1.54, 1.807) is 12.1 Å². The van der Waals surface area contributed by atoms with Gasteiger partial charge in [0.1, 0.15) is 11.5 Å². The second-order valence-corrected chi connectivity index (χ2v) is 20.5. The van der Waals surface area contributed by atoms with E-state index >= 15 is 0 Å². The summed E-state index contributed by atoms with van der Waals surface area (Å²) in [4.78, 5) is 5.49. The number of ether oxygens (including phenoxy) is 2. The van der Waals surface area contributed by atoms with Gasteiger partial charge in [-0.2, -0.15) is 0 Å². The van der Waals surface area contributed by atoms with Gasteiger partial charge in [0.05, 0.1) is 6.61 Å². The highest BCUT2D eigenvalue weighted by Crippen LogP contribution is 2.21. The molecule has 1 rings (SSSR count). The molecule has 1 unspecified atom stereocenters. The van der Waals surface area contributed by atoms with Crippen LogP contribution in [0.1, 0.15) is 297 Å². The van der Waals surface area contributed by atoms with E-state index in [1.165, 1.54) is 283 Å². The second-order valence-electron chi connectivity index (χ2n) is 20.5. The van der Waals surface area contributed by atoms with Crippen LogP contribution in [0.2, 0.25) is 0 Å². The maximum Gasteiger partial charge on any atom is 0.201 e. The first-order chi connectivity index (χ1) is 32.1. The molecule has 65 heavy (non-hydrogen) atoms. The Hall–Kier alpha value is -1.30. The van der Waals surface area contributed by atoms with Gasteiger partial charge in [-0.15, -0.1) is 0 Å². The molecule has 0 heterocycles. The number of benzene rings is 1. The van der Waals surface area contributed by atoms with E-state index in [9.17, 15) is 5.11 Å². The van der Waals surface area contributed by atoms with E-state index in [2.05, 4.69) is 37.5 Å². The van der Waals surface area contributed by atoms with Gasteiger partial charge in [-0.25, -0.2) is 0 Å². The van der Waals surface area contributed by atoms with Crippen molar-refractivity contribution < 1.29 is 14.6 Å². The van der Waals surface area contributed by atoms with Crippen LogP contribution in [0.4, 0.5) is 0 Å². The topological polar surface area (TPSA) is 45.2 Å². The van der Waals surface area contributed by atoms with E-state index in [0.29, 0.717) is 0 Å². The molecular formula is C60H116N2O3. The van der Waals surface area contributed by atoms with Gasteiger partial charge < -0.3 is 24.4 Å². The van der Waals surface area contributed by atoms with Gasteiger partial charge in [0.2, 0.25) is 6.29 Å². The number of hydrogen-bond donors (Lipinski definition) is 1. The van der Waals surface area contributed by atoms with Crippen LogP contribution in [-0.4, -0.2) is 67.1 Å². The average molecular weight is 914 g/mol. The lowest BCUT2D eigenvalue weighted by atomic mass is 10.1. The normalized spacial score (nSPS) is 12.3. The third-order valence-electron chi connectivity index (χ3n) is 14.0. The zero-order valence-electron chi connectivity index (χ0n) is 44.7. The van der Waals surface area contributed by atoms with Crippen molar-refractivity contribution in [3.05, 3.63) is 24.3 Å². The fourth-order valence-corrected chi connectivity index (χ4v) is 9.61. The average Bonchev–Trinajstić information content (AvgIpc) is 3.31. The molecule has 0 amide bonds. The molecule has 0 aliphatic rings. The zero-order valence-corrected chi connectivity index (χ0v) is 44.7. The van der Waals surface area contributed by atoms with Gasteiger partial charge in [-0.3, -0.25) is 0 Å². The van der Waals surface area contributed by atoms with Gasteiger partial charge in [0.25, 0.3) is 0 Å². The lowest BCUT2D eigenvalue weighted by Gasteiger charge is -2.27. The Balaban J connectivity index is 2.72. The third-order valence-corrected chi connectivity index (χ3v) is 14.0. The minimum atomic E-state index is -0.278. The predicted octanol–water partition coefficient (Wildman–Crippen LogP) is 19.2. The number of phenols is 1. The summed E-state index contributed by atoms with van der Waals surface area (Å²) in [7, 11) is 0. The highest BCUT2D eigenvalue weighted by molar-refractivity contribution is 5.30. The van der Waals surface area contributed by atoms with Crippen LogP contribution in [0, 0.1) is 0 Å². The van der Waals surface area contributed by atoms with Crippen molar-refractivity contribution in [3.8, 4) is 11.5 Å². The molecule has 5 heteroatoms. The summed E-state index contributed by atoms with van der Waals surface area (Å²) in [5, 5.41) is 9.99. The molecule has 1 aromatic rings. The Morgan fingerprint density at radius 3 is 0.908 bits per heavy atom. The molecule has 0 radical (unpaired) electrons. The summed E-state index contributed by atoms with van der Waals surface area (Å²) in [5.41, 5.74) is 0. The summed E-state index contributed by atoms with van der Waals surface area (Å²) < 4.78 is 13.2. The molecule has 384 valence electrons. The fourth-order valence-electron chi connectivity index (χ4n) is 9.61. The molecule has 0 spiro atoms. The molecule has 0 aliphatic carbocycles. The van der Waals surface area contributed by atoms with E-state index in [0.717, 1.165) is 38.3 Å². The molecule has 0 saturated carbocycles. The summed E-state index contributed by atoms with van der Waals surface area (Å²) in [5.74, 6) is 1.06. The van der Waals surface area contributed by atoms with Crippen LogP contribution in [0.3, 0.4) is 0 Å². The third kappa shape index (κ3) is 43.7. The maximum absolute atomic E-state index is 9.99. The largest absolute Gasteiger partial charge is 0.508 e. The van der Waals surface area contributed by atoms with Crippen LogP contribution < -0.4 is 4.74 Å². The molecule has 1 N–H and O–H groups in total. The number of rotatable bonds is 54. The van der Waals surface area contributed by atoms with Crippen molar-refractivity contribution in [2.75, 3.05) is 45.9 Å². The lowest BCUT2D eigenvalue weighted by molar-refractivity contribution is -0.0897. The Labute approximate surface area is 408 Å². The maximum atomic E-state index is 9.99. The van der Waals surface area contributed by atoms with Crippen LogP contribution in [0.25, 0.3) is 0 Å². The van der Waals surface area contributed by atoms with E-state index in [1.807, 2.05) is 12.1 Å². The van der Waals surface area contributed by atoms with E-state index < -0.39 is 0 Å². The quantitative estimate of drug-likeness (QED) is 0.0521. The minimum Gasteiger partial charge on any atom is -0.508 e. The molecule has 0 aliphatic heterocycles. The number of aromatic hydroxyl groups is 1. The molecule has 0 aromatic heterocycles. The van der Waals surface area contributed by atoms with Crippen molar-refractivity contribution >= 4 is 0 Å². The highest BCUT2D eigenvalue weighted by Gasteiger charge is 2.16. The van der Waals surface area contributed by atoms with Crippen molar-refractivity contribution in [1.29, 1.82) is 0 Å². The van der Waals surface area contributed by atoms with Crippen molar-refractivity contribution in [2.45, 2.75) is 304 Å². The van der Waals surface area contributed by atoms with Crippen molar-refractivity contribution in [3.63, 3.8) is 0 Å². The molecule has 0 bridgehead atoms. The van der Waals surface area contributed by atoms with Crippen LogP contribution in [0.5, 0.6) is 11.5 Å². The van der Waals surface area contributed by atoms with Gasteiger partial charge in [-0.05, 0) is 82.5 Å². The highest BCUT2D eigenvalue weighted by atomic mass is 16.7. The Kier molecular flexibility index (Phi) is 48.0. The van der Waals surface area contributed by atoms with E-state index in [-0.39, 0.29) is 12.0 Å². The standard InChI is InChI=1S/C60H116N2O3/c1-5-9-13-17-21-25-29-33-37-41-51-61(52-42-38-34-30-26-22-18-14-10-6-2)55-45-57-64-60(65-59-48-46-58(63)47-49-59)50-56-62(53-43-39-35-31-27-23-19-15-11-7-3)54-44-40-36-32-28-24-20-16-12-8-4/h46-49,60,63H,5-45,50-57H2,1-4H3. The number of phenolic OH excluding ortho intramolecular Hbond substituents is 1. The Morgan fingerprint density at radius 2 is 0.600 bits per heavy atom. The zero-order chi connectivity index (χ0) is 46.8. The number of nitrogens with zero attached hydrogens (tertiary/aromatic N) is 2. The molecule has 0 fully saturated rings. The molecule has 0 saturated heterocycles. The van der Waals surface area contributed by atoms with Crippen molar-refractivity contribution in [1.82, 2.24) is 9.80 Å². The van der Waals surface area contributed by atoms with Crippen LogP contribution in [-0.2, 0) is 4.74 Å². The summed E-state index contributed by atoms with van der Waals surface area (Å²) in [6, 6.07) is 7.23. The molecular weight excluding hydrogens is 797 g/mol. The second kappa shape index (κ2) is 50.6. The van der Waals surface area contributed by atoms with Crippen LogP contribution in [0.15, 0.2) is 24.3 Å². The summed E-state index contributed by atoms with van der Waals surface area (Å²) in [6.45, 7) is 16.9. The lowest BCUT2D eigenvalue weighted by Crippen LogP contribution is -2.33. The molecule has 1 aromatic carbocycles. The van der Waals surface area contributed by atoms with Gasteiger partial charge in [0, 0.05) is 19.5 Å². The van der Waals surface area contributed by atoms with Crippen molar-refractivity contribution in [2.24, 2.45) is 0 Å². The van der Waals surface area contributed by atoms with Gasteiger partial charge in [0.15, 0.2) is 0 Å². The first kappa shape index (κ1) is 61.7. The van der Waals surface area contributed by atoms with E-state index in [4.69, 9.17) is 9.47 Å². The van der Waals surface area contributed by atoms with Gasteiger partial charge in [-0.1, -0.05) is 259 Å². The number of hydrogen-bond acceptors (Lipinski definition) is 5. The summed E-state index contributed by atoms with van der Waals surface area (Å²) >= 11 is 0. The van der Waals surface area contributed by atoms with Gasteiger partial charge >= 0.3 is 0 Å². The monoisotopic (exact) mass is 913 g/mol. The Morgan fingerprint density at radius 1 is 0.338 bits per heavy atom. The first-order valence-corrected chi connectivity index (χ1v) is 29.6. The smallest absolute Gasteiger partial charge is 0.201 e. The Bertz CT molecular complexity index is 988. The fraction of sp³-hybridized carbons (Fsp3) is 0.900. The molecule has 1 atom stereocenters. The van der Waals surface area contributed by atoms with Crippen LogP contribution >= 0.6 is 0 Å². The minimum absolute atomic E-state index is 0.277. The summed E-state index contributed by atoms with van der Waals surface area (Å²) in [6.07, 6.45) is 57.3. The predicted molar refractivity (Wildman–Crippen MR) is 288 cm³/mol. The molecule has 5 nitrogen and oxygen atoms in total.